The standard InChI is InChI=1S/C36H62O10/c1-31(2)22-9-14-33(4)23(32(22,3)12-10-24(31)45-30-29(42)28(41)27(40)21(17-37)44-30)16-20(39)26-19(8-13-34(26,33)5)36(7)15-11-25(46-36)35(6,43)18-38/h19-30,37-43H,8-18H2,1-7H3/t19-,20+,21+,22-,23+,24-,25-,26-,27+,28-,29+,30-,32-,33+,34+,35?,36-/m0/s1. The van der Waals surface area contributed by atoms with Gasteiger partial charge in [0.15, 0.2) is 6.29 Å². The van der Waals surface area contributed by atoms with Gasteiger partial charge < -0.3 is 50.0 Å². The molecule has 17 atom stereocenters. The third-order valence-electron chi connectivity index (χ3n) is 15.6. The summed E-state index contributed by atoms with van der Waals surface area (Å²) in [6.45, 7) is 14.8. The monoisotopic (exact) mass is 654 g/mol. The Balaban J connectivity index is 1.23. The van der Waals surface area contributed by atoms with Crippen molar-refractivity contribution in [2.24, 2.45) is 45.3 Å². The second kappa shape index (κ2) is 11.6. The summed E-state index contributed by atoms with van der Waals surface area (Å²) in [5.41, 5.74) is -2.14. The molecule has 6 aliphatic rings. The molecule has 10 heteroatoms. The molecule has 0 spiro atoms. The Morgan fingerprint density at radius 3 is 2.11 bits per heavy atom. The van der Waals surface area contributed by atoms with Crippen molar-refractivity contribution in [2.75, 3.05) is 13.2 Å². The lowest BCUT2D eigenvalue weighted by atomic mass is 9.35. The van der Waals surface area contributed by atoms with E-state index in [1.807, 2.05) is 0 Å². The maximum Gasteiger partial charge on any atom is 0.186 e. The number of aliphatic hydroxyl groups excluding tert-OH is 6. The average molecular weight is 655 g/mol. The van der Waals surface area contributed by atoms with E-state index in [2.05, 4.69) is 41.5 Å². The molecule has 0 aromatic rings. The quantitative estimate of drug-likeness (QED) is 0.211. The van der Waals surface area contributed by atoms with Gasteiger partial charge in [-0.1, -0.05) is 34.6 Å². The first-order valence-corrected chi connectivity index (χ1v) is 18.0. The molecule has 0 bridgehead atoms. The lowest BCUT2D eigenvalue weighted by Crippen LogP contribution is -2.67. The van der Waals surface area contributed by atoms with Gasteiger partial charge in [-0.3, -0.25) is 0 Å². The Kier molecular flexibility index (Phi) is 8.91. The van der Waals surface area contributed by atoms with Gasteiger partial charge in [0.05, 0.1) is 37.1 Å². The molecule has 0 aromatic carbocycles. The van der Waals surface area contributed by atoms with Crippen molar-refractivity contribution in [1.82, 2.24) is 0 Å². The molecule has 2 aliphatic heterocycles. The van der Waals surface area contributed by atoms with Gasteiger partial charge in [-0.2, -0.15) is 0 Å². The van der Waals surface area contributed by atoms with E-state index in [1.54, 1.807) is 6.92 Å². The van der Waals surface area contributed by atoms with Crippen LogP contribution in [-0.4, -0.2) is 109 Å². The van der Waals surface area contributed by atoms with Gasteiger partial charge in [0.1, 0.15) is 30.0 Å². The topological polar surface area (TPSA) is 169 Å². The normalized spacial score (nSPS) is 56.5. The number of ether oxygens (including phenoxy) is 3. The number of rotatable bonds is 6. The Labute approximate surface area is 274 Å². The molecule has 2 saturated heterocycles. The van der Waals surface area contributed by atoms with Crippen molar-refractivity contribution in [3.05, 3.63) is 0 Å². The maximum atomic E-state index is 12.2. The van der Waals surface area contributed by atoms with Crippen molar-refractivity contribution in [2.45, 2.75) is 166 Å². The van der Waals surface area contributed by atoms with Crippen molar-refractivity contribution >= 4 is 0 Å². The van der Waals surface area contributed by atoms with Crippen LogP contribution in [0.15, 0.2) is 0 Å². The minimum atomic E-state index is -1.47. The summed E-state index contributed by atoms with van der Waals surface area (Å²) in [4.78, 5) is 0. The molecule has 4 aliphatic carbocycles. The molecule has 2 heterocycles. The molecule has 10 nitrogen and oxygen atoms in total. The molecule has 4 saturated carbocycles. The average Bonchev–Trinajstić information content (AvgIpc) is 3.59. The van der Waals surface area contributed by atoms with E-state index < -0.39 is 60.7 Å². The zero-order chi connectivity index (χ0) is 33.8. The van der Waals surface area contributed by atoms with Crippen LogP contribution in [0.25, 0.3) is 0 Å². The van der Waals surface area contributed by atoms with Crippen LogP contribution in [0, 0.1) is 45.3 Å². The Bertz CT molecular complexity index is 1130. The fourth-order valence-corrected chi connectivity index (χ4v) is 12.7. The second-order valence-electron chi connectivity index (χ2n) is 18.1. The molecule has 46 heavy (non-hydrogen) atoms. The Morgan fingerprint density at radius 2 is 1.46 bits per heavy atom. The molecule has 1 unspecified atom stereocenters. The molecular formula is C36H62O10. The highest BCUT2D eigenvalue weighted by atomic mass is 16.7. The summed E-state index contributed by atoms with van der Waals surface area (Å²) in [6, 6.07) is 0. The summed E-state index contributed by atoms with van der Waals surface area (Å²) in [5.74, 6) is 0.870. The van der Waals surface area contributed by atoms with Crippen LogP contribution < -0.4 is 0 Å². The summed E-state index contributed by atoms with van der Waals surface area (Å²) < 4.78 is 18.8. The van der Waals surface area contributed by atoms with Crippen molar-refractivity contribution in [3.8, 4) is 0 Å². The second-order valence-corrected chi connectivity index (χ2v) is 18.1. The molecule has 7 N–H and O–H groups in total. The van der Waals surface area contributed by atoms with E-state index in [-0.39, 0.29) is 46.2 Å². The smallest absolute Gasteiger partial charge is 0.186 e. The Morgan fingerprint density at radius 1 is 0.783 bits per heavy atom. The van der Waals surface area contributed by atoms with Gasteiger partial charge in [-0.05, 0) is 117 Å². The highest BCUT2D eigenvalue weighted by molar-refractivity contribution is 5.20. The minimum absolute atomic E-state index is 0.0168. The number of aliphatic hydroxyl groups is 7. The van der Waals surface area contributed by atoms with Crippen LogP contribution >= 0.6 is 0 Å². The van der Waals surface area contributed by atoms with E-state index in [4.69, 9.17) is 14.2 Å². The van der Waals surface area contributed by atoms with Gasteiger partial charge in [0.2, 0.25) is 0 Å². The first-order chi connectivity index (χ1) is 21.3. The summed E-state index contributed by atoms with van der Waals surface area (Å²) >= 11 is 0. The summed E-state index contributed by atoms with van der Waals surface area (Å²) in [5, 5.41) is 73.8. The highest BCUT2D eigenvalue weighted by Gasteiger charge is 2.72. The van der Waals surface area contributed by atoms with Gasteiger partial charge in [0.25, 0.3) is 0 Å². The fourth-order valence-electron chi connectivity index (χ4n) is 12.7. The SMILES string of the molecule is CC(O)(CO)[C@@H]1CC[C@@](C)([C@H]2CC[C@]3(C)[C@@H]2[C@H](O)C[C@@H]2[C@@]4(C)CC[C@H](O[C@@H]5O[C@H](CO)[C@@H](O)[C@H](O)[C@H]5O)C(C)(C)[C@@H]4CC[C@]23C)O1. The number of hydrogen-bond acceptors (Lipinski definition) is 10. The molecule has 0 amide bonds. The predicted molar refractivity (Wildman–Crippen MR) is 169 cm³/mol. The van der Waals surface area contributed by atoms with E-state index in [1.165, 1.54) is 0 Å². The van der Waals surface area contributed by atoms with Crippen LogP contribution in [0.3, 0.4) is 0 Å². The first kappa shape index (κ1) is 35.4. The zero-order valence-corrected chi connectivity index (χ0v) is 29.1. The molecule has 6 fully saturated rings. The lowest BCUT2D eigenvalue weighted by Gasteiger charge is -2.70. The zero-order valence-electron chi connectivity index (χ0n) is 29.1. The molecular weight excluding hydrogens is 592 g/mol. The van der Waals surface area contributed by atoms with Gasteiger partial charge in [-0.25, -0.2) is 0 Å². The van der Waals surface area contributed by atoms with Crippen LogP contribution in [-0.2, 0) is 14.2 Å². The molecule has 0 aromatic heterocycles. The summed E-state index contributed by atoms with van der Waals surface area (Å²) in [7, 11) is 0. The van der Waals surface area contributed by atoms with Gasteiger partial charge >= 0.3 is 0 Å². The van der Waals surface area contributed by atoms with Crippen LogP contribution in [0.2, 0.25) is 0 Å². The van der Waals surface area contributed by atoms with Crippen molar-refractivity contribution in [3.63, 3.8) is 0 Å². The molecule has 266 valence electrons. The van der Waals surface area contributed by atoms with E-state index in [0.717, 1.165) is 51.4 Å². The number of hydrogen-bond donors (Lipinski definition) is 7. The third-order valence-corrected chi connectivity index (χ3v) is 15.6. The first-order valence-electron chi connectivity index (χ1n) is 18.0. The van der Waals surface area contributed by atoms with Crippen LogP contribution in [0.4, 0.5) is 0 Å². The lowest BCUT2D eigenvalue weighted by molar-refractivity contribution is -0.332. The minimum Gasteiger partial charge on any atom is -0.394 e. The van der Waals surface area contributed by atoms with Gasteiger partial charge in [0, 0.05) is 0 Å². The van der Waals surface area contributed by atoms with E-state index in [0.29, 0.717) is 18.3 Å². The summed E-state index contributed by atoms with van der Waals surface area (Å²) in [6.07, 6.45) is 0.333. The van der Waals surface area contributed by atoms with Crippen molar-refractivity contribution < 1.29 is 50.0 Å². The van der Waals surface area contributed by atoms with Gasteiger partial charge in [-0.15, -0.1) is 0 Å². The van der Waals surface area contributed by atoms with Crippen LogP contribution in [0.5, 0.6) is 0 Å². The largest absolute Gasteiger partial charge is 0.394 e. The fraction of sp³-hybridized carbons (Fsp3) is 1.00. The number of fused-ring (bicyclic) bond motifs is 5. The van der Waals surface area contributed by atoms with E-state index >= 15 is 0 Å². The third kappa shape index (κ3) is 4.94. The maximum absolute atomic E-state index is 12.2. The Hall–Kier alpha value is -0.400. The predicted octanol–water partition coefficient (Wildman–Crippen LogP) is 2.51. The molecule has 6 rings (SSSR count). The van der Waals surface area contributed by atoms with Crippen LogP contribution in [0.1, 0.15) is 106 Å². The molecule has 0 radical (unpaired) electrons. The van der Waals surface area contributed by atoms with E-state index in [9.17, 15) is 35.7 Å². The van der Waals surface area contributed by atoms with Crippen molar-refractivity contribution in [1.29, 1.82) is 0 Å². The highest BCUT2D eigenvalue weighted by Crippen LogP contribution is 2.76.